The number of benzene rings is 2. The van der Waals surface area contributed by atoms with Crippen LogP contribution in [0, 0.1) is 5.82 Å². The summed E-state index contributed by atoms with van der Waals surface area (Å²) in [5.41, 5.74) is 1.82. The van der Waals surface area contributed by atoms with Crippen molar-refractivity contribution in [3.63, 3.8) is 0 Å². The van der Waals surface area contributed by atoms with Crippen LogP contribution in [0.3, 0.4) is 0 Å². The molecule has 2 N–H and O–H groups in total. The Morgan fingerprint density at radius 3 is 2.71 bits per heavy atom. The molecule has 122 valence electrons. The molecule has 6 heteroatoms. The number of carbonyl (C=O) groups excluding carboxylic acids is 1. The highest BCUT2D eigenvalue weighted by Gasteiger charge is 2.06. The summed E-state index contributed by atoms with van der Waals surface area (Å²) in [5, 5.41) is 3.13. The predicted octanol–water partition coefficient (Wildman–Crippen LogP) is 3.54. The number of nitrogens with one attached hydrogen (secondary N) is 2. The highest BCUT2D eigenvalue weighted by Crippen LogP contribution is 2.15. The summed E-state index contributed by atoms with van der Waals surface area (Å²) < 4.78 is 13.2. The predicted molar refractivity (Wildman–Crippen MR) is 95.8 cm³/mol. The van der Waals surface area contributed by atoms with Gasteiger partial charge in [0.2, 0.25) is 5.91 Å². The van der Waals surface area contributed by atoms with Crippen molar-refractivity contribution < 1.29 is 9.18 Å². The van der Waals surface area contributed by atoms with Crippen molar-refractivity contribution in [1.82, 2.24) is 4.98 Å². The highest BCUT2D eigenvalue weighted by atomic mass is 32.2. The van der Waals surface area contributed by atoms with Gasteiger partial charge in [0.15, 0.2) is 5.43 Å². The van der Waals surface area contributed by atoms with Gasteiger partial charge in [0.1, 0.15) is 5.82 Å². The maximum atomic E-state index is 13.2. The number of hydrogen-bond acceptors (Lipinski definition) is 3. The Labute approximate surface area is 142 Å². The fraction of sp³-hybridized carbons (Fsp3) is 0.111. The molecule has 0 fully saturated rings. The number of pyridine rings is 1. The van der Waals surface area contributed by atoms with Gasteiger partial charge in [-0.1, -0.05) is 18.2 Å². The first-order valence-corrected chi connectivity index (χ1v) is 8.51. The number of para-hydroxylation sites is 1. The summed E-state index contributed by atoms with van der Waals surface area (Å²) in [6.07, 6.45) is 0. The van der Waals surface area contributed by atoms with Crippen LogP contribution in [0.4, 0.5) is 10.1 Å². The Morgan fingerprint density at radius 2 is 1.92 bits per heavy atom. The van der Waals surface area contributed by atoms with Crippen LogP contribution in [0.5, 0.6) is 0 Å². The molecular formula is C18H15FN2O2S. The average molecular weight is 342 g/mol. The number of carbonyl (C=O) groups is 1. The van der Waals surface area contributed by atoms with Crippen molar-refractivity contribution in [1.29, 1.82) is 0 Å². The number of H-pyrrole nitrogens is 1. The van der Waals surface area contributed by atoms with Gasteiger partial charge in [0, 0.05) is 34.1 Å². The SMILES string of the molecule is O=C(CSCc1cc(=O)c2cc(F)ccc2[nH]1)Nc1ccccc1. The molecule has 0 unspecified atom stereocenters. The second-order valence-electron chi connectivity index (χ2n) is 5.26. The van der Waals surface area contributed by atoms with Crippen LogP contribution >= 0.6 is 11.8 Å². The topological polar surface area (TPSA) is 62.0 Å². The van der Waals surface area contributed by atoms with Crippen LogP contribution in [0.25, 0.3) is 10.9 Å². The molecular weight excluding hydrogens is 327 g/mol. The summed E-state index contributed by atoms with van der Waals surface area (Å²) in [4.78, 5) is 27.0. The molecule has 0 aliphatic rings. The Bertz CT molecular complexity index is 925. The zero-order valence-electron chi connectivity index (χ0n) is 12.7. The van der Waals surface area contributed by atoms with Crippen molar-refractivity contribution >= 4 is 34.3 Å². The smallest absolute Gasteiger partial charge is 0.234 e. The van der Waals surface area contributed by atoms with Crippen molar-refractivity contribution in [2.24, 2.45) is 0 Å². The molecule has 1 aromatic heterocycles. The summed E-state index contributed by atoms with van der Waals surface area (Å²) in [7, 11) is 0. The van der Waals surface area contributed by atoms with Gasteiger partial charge in [0.25, 0.3) is 0 Å². The molecule has 0 radical (unpaired) electrons. The molecule has 0 saturated carbocycles. The highest BCUT2D eigenvalue weighted by molar-refractivity contribution is 7.99. The lowest BCUT2D eigenvalue weighted by atomic mass is 10.2. The maximum Gasteiger partial charge on any atom is 0.234 e. The van der Waals surface area contributed by atoms with E-state index in [1.807, 2.05) is 30.3 Å². The van der Waals surface area contributed by atoms with E-state index < -0.39 is 5.82 Å². The molecule has 0 saturated heterocycles. The van der Waals surface area contributed by atoms with Crippen LogP contribution in [-0.4, -0.2) is 16.6 Å². The lowest BCUT2D eigenvalue weighted by Gasteiger charge is -2.06. The van der Waals surface area contributed by atoms with Crippen molar-refractivity contribution in [2.75, 3.05) is 11.1 Å². The third-order valence-electron chi connectivity index (χ3n) is 3.40. The summed E-state index contributed by atoms with van der Waals surface area (Å²) in [5.74, 6) is 0.229. The first kappa shape index (κ1) is 16.3. The van der Waals surface area contributed by atoms with Crippen LogP contribution in [0.15, 0.2) is 59.4 Å². The number of thioether (sulfide) groups is 1. The minimum Gasteiger partial charge on any atom is -0.357 e. The number of amides is 1. The van der Waals surface area contributed by atoms with E-state index in [0.29, 0.717) is 22.3 Å². The van der Waals surface area contributed by atoms with E-state index in [1.165, 1.54) is 30.0 Å². The molecule has 0 aliphatic heterocycles. The van der Waals surface area contributed by atoms with E-state index in [2.05, 4.69) is 10.3 Å². The van der Waals surface area contributed by atoms with Gasteiger partial charge >= 0.3 is 0 Å². The summed E-state index contributed by atoms with van der Waals surface area (Å²) in [6, 6.07) is 14.8. The van der Waals surface area contributed by atoms with Gasteiger partial charge in [-0.2, -0.15) is 0 Å². The second-order valence-corrected chi connectivity index (χ2v) is 6.24. The average Bonchev–Trinajstić information content (AvgIpc) is 2.56. The zero-order valence-corrected chi connectivity index (χ0v) is 13.5. The first-order valence-electron chi connectivity index (χ1n) is 7.36. The van der Waals surface area contributed by atoms with Gasteiger partial charge in [-0.05, 0) is 30.3 Å². The van der Waals surface area contributed by atoms with Gasteiger partial charge in [-0.25, -0.2) is 4.39 Å². The summed E-state index contributed by atoms with van der Waals surface area (Å²) in [6.45, 7) is 0. The van der Waals surface area contributed by atoms with Crippen LogP contribution in [-0.2, 0) is 10.5 Å². The number of rotatable bonds is 5. The van der Waals surface area contributed by atoms with E-state index in [0.717, 1.165) is 5.69 Å². The number of fused-ring (bicyclic) bond motifs is 1. The lowest BCUT2D eigenvalue weighted by Crippen LogP contribution is -2.14. The molecule has 0 aliphatic carbocycles. The maximum absolute atomic E-state index is 13.2. The monoisotopic (exact) mass is 342 g/mol. The Kier molecular flexibility index (Phi) is 4.96. The molecule has 4 nitrogen and oxygen atoms in total. The van der Waals surface area contributed by atoms with E-state index >= 15 is 0 Å². The van der Waals surface area contributed by atoms with Crippen molar-refractivity contribution in [2.45, 2.75) is 5.75 Å². The molecule has 0 atom stereocenters. The quantitative estimate of drug-likeness (QED) is 0.745. The van der Waals surface area contributed by atoms with Gasteiger partial charge in [0.05, 0.1) is 5.75 Å². The number of hydrogen-bond donors (Lipinski definition) is 2. The van der Waals surface area contributed by atoms with Crippen LogP contribution < -0.4 is 10.7 Å². The third kappa shape index (κ3) is 4.02. The molecule has 24 heavy (non-hydrogen) atoms. The van der Waals surface area contributed by atoms with Gasteiger partial charge < -0.3 is 10.3 Å². The number of anilines is 1. The second kappa shape index (κ2) is 7.31. The largest absolute Gasteiger partial charge is 0.357 e. The Hall–Kier alpha value is -2.60. The van der Waals surface area contributed by atoms with Crippen LogP contribution in [0.1, 0.15) is 5.69 Å². The molecule has 3 rings (SSSR count). The number of aromatic amines is 1. The van der Waals surface area contributed by atoms with E-state index in [4.69, 9.17) is 0 Å². The molecule has 3 aromatic rings. The standard InChI is InChI=1S/C18H15FN2O2S/c19-12-6-7-16-15(8-12)17(22)9-14(20-16)10-24-11-18(23)21-13-4-2-1-3-5-13/h1-9H,10-11H2,(H,20,22)(H,21,23). The minimum atomic E-state index is -0.437. The van der Waals surface area contributed by atoms with Gasteiger partial charge in [-0.3, -0.25) is 9.59 Å². The zero-order chi connectivity index (χ0) is 16.9. The number of aromatic nitrogens is 1. The van der Waals surface area contributed by atoms with Crippen molar-refractivity contribution in [3.05, 3.63) is 76.3 Å². The molecule has 1 heterocycles. The number of halogens is 1. The third-order valence-corrected chi connectivity index (χ3v) is 4.38. The first-order chi connectivity index (χ1) is 11.6. The van der Waals surface area contributed by atoms with Crippen LogP contribution in [0.2, 0.25) is 0 Å². The van der Waals surface area contributed by atoms with Gasteiger partial charge in [-0.15, -0.1) is 11.8 Å². The lowest BCUT2D eigenvalue weighted by molar-refractivity contribution is -0.113. The Balaban J connectivity index is 1.61. The van der Waals surface area contributed by atoms with Crippen molar-refractivity contribution in [3.8, 4) is 0 Å². The fourth-order valence-electron chi connectivity index (χ4n) is 2.32. The van der Waals surface area contributed by atoms with E-state index in [9.17, 15) is 14.0 Å². The normalized spacial score (nSPS) is 10.7. The molecule has 1 amide bonds. The molecule has 2 aromatic carbocycles. The molecule has 0 bridgehead atoms. The van der Waals surface area contributed by atoms with E-state index in [1.54, 1.807) is 6.07 Å². The Morgan fingerprint density at radius 1 is 1.12 bits per heavy atom. The molecule has 0 spiro atoms. The van der Waals surface area contributed by atoms with E-state index in [-0.39, 0.29) is 17.1 Å². The fourth-order valence-corrected chi connectivity index (χ4v) is 3.06. The summed E-state index contributed by atoms with van der Waals surface area (Å²) >= 11 is 1.40. The minimum absolute atomic E-state index is 0.101.